The molecule has 2 aromatic rings. The zero-order valence-electron chi connectivity index (χ0n) is 9.04. The Hall–Kier alpha value is -1.39. The molecule has 4 nitrogen and oxygen atoms in total. The van der Waals surface area contributed by atoms with E-state index in [2.05, 4.69) is 5.16 Å². The van der Waals surface area contributed by atoms with E-state index < -0.39 is 0 Å². The summed E-state index contributed by atoms with van der Waals surface area (Å²) in [7, 11) is 0. The lowest BCUT2D eigenvalue weighted by Gasteiger charge is -2.10. The molecule has 0 spiro atoms. The Balaban J connectivity index is 2.58. The fourth-order valence-corrected chi connectivity index (χ4v) is 2.01. The zero-order chi connectivity index (χ0) is 12.4. The monoisotopic (exact) mass is 272 g/mol. The van der Waals surface area contributed by atoms with E-state index in [4.69, 9.17) is 38.2 Å². The van der Waals surface area contributed by atoms with E-state index in [1.54, 1.807) is 18.2 Å². The van der Waals surface area contributed by atoms with Gasteiger partial charge in [-0.3, -0.25) is 0 Å². The van der Waals surface area contributed by atoms with Crippen LogP contribution in [0.4, 0.5) is 5.88 Å². The molecule has 2 N–H and O–H groups in total. The predicted octanol–water partition coefficient (Wildman–Crippen LogP) is 3.63. The molecule has 1 heterocycles. The van der Waals surface area contributed by atoms with Crippen LogP contribution in [-0.4, -0.2) is 11.8 Å². The second-order valence-corrected chi connectivity index (χ2v) is 4.16. The van der Waals surface area contributed by atoms with Crippen LogP contribution in [0.25, 0.3) is 11.3 Å². The van der Waals surface area contributed by atoms with Crippen LogP contribution < -0.4 is 10.5 Å². The van der Waals surface area contributed by atoms with Gasteiger partial charge in [-0.1, -0.05) is 28.4 Å². The van der Waals surface area contributed by atoms with Crippen molar-refractivity contribution in [1.82, 2.24) is 5.16 Å². The summed E-state index contributed by atoms with van der Waals surface area (Å²) in [6.07, 6.45) is 0. The Kier molecular flexibility index (Phi) is 3.45. The molecule has 0 aliphatic heterocycles. The lowest BCUT2D eigenvalue weighted by atomic mass is 10.1. The van der Waals surface area contributed by atoms with Gasteiger partial charge in [0, 0.05) is 16.7 Å². The van der Waals surface area contributed by atoms with Gasteiger partial charge in [-0.05, 0) is 19.1 Å². The fraction of sp³-hybridized carbons (Fsp3) is 0.182. The second-order valence-electron chi connectivity index (χ2n) is 3.31. The van der Waals surface area contributed by atoms with E-state index in [-0.39, 0.29) is 5.88 Å². The van der Waals surface area contributed by atoms with E-state index in [0.29, 0.717) is 33.7 Å². The van der Waals surface area contributed by atoms with Crippen molar-refractivity contribution in [1.29, 1.82) is 0 Å². The first-order valence-corrected chi connectivity index (χ1v) is 5.71. The third kappa shape index (κ3) is 2.48. The van der Waals surface area contributed by atoms with Crippen LogP contribution in [-0.2, 0) is 0 Å². The normalized spacial score (nSPS) is 10.5. The average Bonchev–Trinajstić information content (AvgIpc) is 2.68. The summed E-state index contributed by atoms with van der Waals surface area (Å²) in [5.74, 6) is 0.741. The van der Waals surface area contributed by atoms with E-state index in [1.165, 1.54) is 0 Å². The minimum absolute atomic E-state index is 0.221. The summed E-state index contributed by atoms with van der Waals surface area (Å²) >= 11 is 12.0. The van der Waals surface area contributed by atoms with Crippen LogP contribution in [0.2, 0.25) is 10.0 Å². The van der Waals surface area contributed by atoms with Crippen LogP contribution in [0.3, 0.4) is 0 Å². The largest absolute Gasteiger partial charge is 0.492 e. The van der Waals surface area contributed by atoms with Gasteiger partial charge in [0.25, 0.3) is 0 Å². The number of hydrogen-bond acceptors (Lipinski definition) is 4. The molecular weight excluding hydrogens is 263 g/mol. The summed E-state index contributed by atoms with van der Waals surface area (Å²) < 4.78 is 10.3. The first-order valence-electron chi connectivity index (χ1n) is 4.96. The highest BCUT2D eigenvalue weighted by molar-refractivity contribution is 6.36. The summed E-state index contributed by atoms with van der Waals surface area (Å²) in [5, 5.41) is 4.74. The molecule has 0 saturated heterocycles. The summed E-state index contributed by atoms with van der Waals surface area (Å²) in [5.41, 5.74) is 6.67. The van der Waals surface area contributed by atoms with Crippen molar-refractivity contribution in [3.8, 4) is 17.0 Å². The Labute approximate surface area is 108 Å². The molecular formula is C11H10Cl2N2O2. The van der Waals surface area contributed by atoms with Crippen LogP contribution in [0.1, 0.15) is 6.92 Å². The lowest BCUT2D eigenvalue weighted by molar-refractivity contribution is 0.341. The number of aromatic nitrogens is 1. The molecule has 1 aromatic carbocycles. The Morgan fingerprint density at radius 2 is 2.12 bits per heavy atom. The molecule has 90 valence electrons. The van der Waals surface area contributed by atoms with E-state index in [9.17, 15) is 0 Å². The molecule has 0 fully saturated rings. The van der Waals surface area contributed by atoms with Gasteiger partial charge in [0.2, 0.25) is 5.88 Å². The van der Waals surface area contributed by atoms with Gasteiger partial charge in [-0.15, -0.1) is 0 Å². The summed E-state index contributed by atoms with van der Waals surface area (Å²) in [4.78, 5) is 0. The quantitative estimate of drug-likeness (QED) is 0.927. The third-order valence-corrected chi connectivity index (χ3v) is 2.60. The molecule has 0 atom stereocenters. The number of nitrogen functional groups attached to an aromatic ring is 1. The number of nitrogens with two attached hydrogens (primary N) is 1. The van der Waals surface area contributed by atoms with Crippen LogP contribution in [0, 0.1) is 0 Å². The van der Waals surface area contributed by atoms with Crippen LogP contribution in [0.5, 0.6) is 5.75 Å². The molecule has 0 aliphatic rings. The van der Waals surface area contributed by atoms with Gasteiger partial charge < -0.3 is 15.0 Å². The van der Waals surface area contributed by atoms with Crippen molar-refractivity contribution in [3.05, 3.63) is 28.2 Å². The number of nitrogens with zero attached hydrogens (tertiary/aromatic N) is 1. The van der Waals surface area contributed by atoms with E-state index in [1.807, 2.05) is 6.92 Å². The zero-order valence-corrected chi connectivity index (χ0v) is 10.5. The standard InChI is InChI=1S/C11H10Cl2N2O2/c1-2-16-11-7(3-6(12)4-8(11)13)9-5-10(14)17-15-9/h3-5H,2,14H2,1H3. The number of anilines is 1. The number of rotatable bonds is 3. The molecule has 0 bridgehead atoms. The first-order chi connectivity index (χ1) is 8.11. The number of hydrogen-bond donors (Lipinski definition) is 1. The van der Waals surface area contributed by atoms with Crippen molar-refractivity contribution < 1.29 is 9.26 Å². The first kappa shape index (κ1) is 12.1. The van der Waals surface area contributed by atoms with Gasteiger partial charge in [0.15, 0.2) is 0 Å². The van der Waals surface area contributed by atoms with Crippen molar-refractivity contribution in [2.75, 3.05) is 12.3 Å². The van der Waals surface area contributed by atoms with Crippen LogP contribution >= 0.6 is 23.2 Å². The molecule has 0 radical (unpaired) electrons. The minimum Gasteiger partial charge on any atom is -0.492 e. The molecule has 17 heavy (non-hydrogen) atoms. The molecule has 0 amide bonds. The molecule has 0 unspecified atom stereocenters. The lowest BCUT2D eigenvalue weighted by Crippen LogP contribution is -1.95. The van der Waals surface area contributed by atoms with Crippen molar-refractivity contribution in [3.63, 3.8) is 0 Å². The van der Waals surface area contributed by atoms with Crippen LogP contribution in [0.15, 0.2) is 22.7 Å². The maximum absolute atomic E-state index is 6.07. The van der Waals surface area contributed by atoms with Crippen molar-refractivity contribution in [2.45, 2.75) is 6.92 Å². The van der Waals surface area contributed by atoms with Gasteiger partial charge in [0.05, 0.1) is 11.6 Å². The molecule has 2 rings (SSSR count). The highest BCUT2D eigenvalue weighted by Gasteiger charge is 2.15. The second kappa shape index (κ2) is 4.85. The highest BCUT2D eigenvalue weighted by atomic mass is 35.5. The molecule has 0 saturated carbocycles. The SMILES string of the molecule is CCOc1c(Cl)cc(Cl)cc1-c1cc(N)on1. The Morgan fingerprint density at radius 3 is 2.71 bits per heavy atom. The number of ether oxygens (including phenoxy) is 1. The van der Waals surface area contributed by atoms with Crippen molar-refractivity contribution in [2.24, 2.45) is 0 Å². The Bertz CT molecular complexity index is 540. The van der Waals surface area contributed by atoms with Gasteiger partial charge >= 0.3 is 0 Å². The molecule has 0 aliphatic carbocycles. The molecule has 6 heteroatoms. The van der Waals surface area contributed by atoms with E-state index in [0.717, 1.165) is 0 Å². The third-order valence-electron chi connectivity index (χ3n) is 2.10. The fourth-order valence-electron chi connectivity index (χ4n) is 1.46. The maximum atomic E-state index is 6.07. The van der Waals surface area contributed by atoms with Gasteiger partial charge in [-0.2, -0.15) is 0 Å². The molecule has 1 aromatic heterocycles. The summed E-state index contributed by atoms with van der Waals surface area (Å²) in [6, 6.07) is 4.90. The van der Waals surface area contributed by atoms with Crippen molar-refractivity contribution >= 4 is 29.1 Å². The van der Waals surface area contributed by atoms with Gasteiger partial charge in [0.1, 0.15) is 11.4 Å². The minimum atomic E-state index is 0.221. The van der Waals surface area contributed by atoms with Gasteiger partial charge in [-0.25, -0.2) is 0 Å². The number of benzene rings is 1. The summed E-state index contributed by atoms with van der Waals surface area (Å²) in [6.45, 7) is 2.35. The van der Waals surface area contributed by atoms with E-state index >= 15 is 0 Å². The number of halogens is 2. The topological polar surface area (TPSA) is 61.3 Å². The average molecular weight is 273 g/mol. The maximum Gasteiger partial charge on any atom is 0.222 e. The predicted molar refractivity (Wildman–Crippen MR) is 67.5 cm³/mol. The highest BCUT2D eigenvalue weighted by Crippen LogP contribution is 2.38. The Morgan fingerprint density at radius 1 is 1.35 bits per heavy atom. The smallest absolute Gasteiger partial charge is 0.222 e.